The topological polar surface area (TPSA) is 55.8 Å². The van der Waals surface area contributed by atoms with Crippen molar-refractivity contribution in [2.24, 2.45) is 0 Å². The zero-order chi connectivity index (χ0) is 18.8. The molecular weight excluding hydrogens is 328 g/mol. The van der Waals surface area contributed by atoms with Gasteiger partial charge in [0.15, 0.2) is 11.5 Å². The maximum absolute atomic E-state index is 10.4. The highest BCUT2D eigenvalue weighted by molar-refractivity contribution is 5.80. The van der Waals surface area contributed by atoms with Gasteiger partial charge in [-0.1, -0.05) is 48.1 Å². The van der Waals surface area contributed by atoms with Crippen LogP contribution >= 0.6 is 0 Å². The lowest BCUT2D eigenvalue weighted by atomic mass is 10.1. The fraction of sp³-hybridized carbons (Fsp3) is 0.318. The molecular formula is C22H26O4. The Morgan fingerprint density at radius 2 is 1.85 bits per heavy atom. The van der Waals surface area contributed by atoms with Crippen molar-refractivity contribution in [1.82, 2.24) is 0 Å². The molecule has 0 amide bonds. The highest BCUT2D eigenvalue weighted by Gasteiger charge is 2.18. The quantitative estimate of drug-likeness (QED) is 0.517. The second-order valence-corrected chi connectivity index (χ2v) is 6.26. The van der Waals surface area contributed by atoms with Crippen LogP contribution in [0.3, 0.4) is 0 Å². The fourth-order valence-electron chi connectivity index (χ4n) is 2.79. The van der Waals surface area contributed by atoms with Gasteiger partial charge in [0, 0.05) is 6.08 Å². The number of hydrogen-bond acceptors (Lipinski definition) is 3. The van der Waals surface area contributed by atoms with Gasteiger partial charge in [-0.25, -0.2) is 4.79 Å². The minimum absolute atomic E-state index is 0.286. The molecule has 1 fully saturated rings. The van der Waals surface area contributed by atoms with Gasteiger partial charge in [-0.15, -0.1) is 0 Å². The summed E-state index contributed by atoms with van der Waals surface area (Å²) in [5, 5.41) is 8.53. The second kappa shape index (κ2) is 10.3. The van der Waals surface area contributed by atoms with E-state index in [0.29, 0.717) is 0 Å². The van der Waals surface area contributed by atoms with E-state index in [0.717, 1.165) is 41.6 Å². The SMILES string of the molecule is COc1ccc(C=CC=C(C)C=CC=CC(=O)O)cc1OC1CCCC1. The number of ether oxygens (including phenoxy) is 2. The number of hydrogen-bond donors (Lipinski definition) is 1. The smallest absolute Gasteiger partial charge is 0.328 e. The van der Waals surface area contributed by atoms with Crippen molar-refractivity contribution in [3.05, 3.63) is 65.8 Å². The van der Waals surface area contributed by atoms with Gasteiger partial charge in [-0.05, 0) is 50.3 Å². The van der Waals surface area contributed by atoms with E-state index in [1.54, 1.807) is 13.2 Å². The van der Waals surface area contributed by atoms with Crippen LogP contribution in [0.2, 0.25) is 0 Å². The lowest BCUT2D eigenvalue weighted by Gasteiger charge is -2.16. The molecule has 4 nitrogen and oxygen atoms in total. The van der Waals surface area contributed by atoms with Gasteiger partial charge >= 0.3 is 5.97 Å². The number of aliphatic carboxylic acids is 1. The van der Waals surface area contributed by atoms with Crippen molar-refractivity contribution < 1.29 is 19.4 Å². The third kappa shape index (κ3) is 6.63. The molecule has 26 heavy (non-hydrogen) atoms. The van der Waals surface area contributed by atoms with Crippen LogP contribution in [0.25, 0.3) is 6.08 Å². The summed E-state index contributed by atoms with van der Waals surface area (Å²) in [7, 11) is 1.66. The number of carboxylic acid groups (broad SMARTS) is 1. The van der Waals surface area contributed by atoms with Gasteiger partial charge in [0.25, 0.3) is 0 Å². The lowest BCUT2D eigenvalue weighted by Crippen LogP contribution is -2.11. The van der Waals surface area contributed by atoms with Crippen LogP contribution < -0.4 is 9.47 Å². The first-order valence-electron chi connectivity index (χ1n) is 8.86. The summed E-state index contributed by atoms with van der Waals surface area (Å²) in [4.78, 5) is 10.4. The van der Waals surface area contributed by atoms with Crippen LogP contribution in [0, 0.1) is 0 Å². The Hall–Kier alpha value is -2.75. The third-order valence-electron chi connectivity index (χ3n) is 4.14. The van der Waals surface area contributed by atoms with Crippen LogP contribution in [0.15, 0.2) is 60.2 Å². The molecule has 1 aromatic rings. The van der Waals surface area contributed by atoms with Gasteiger partial charge in [0.1, 0.15) is 0 Å². The standard InChI is InChI=1S/C22H26O4/c1-17(8-3-6-13-22(23)24)9-7-10-18-14-15-20(25-2)21(16-18)26-19-11-4-5-12-19/h3,6-10,13-16,19H,4-5,11-12H2,1-2H3,(H,23,24). The maximum Gasteiger partial charge on any atom is 0.328 e. The Morgan fingerprint density at radius 3 is 2.54 bits per heavy atom. The normalized spacial score (nSPS) is 16.2. The van der Waals surface area contributed by atoms with E-state index in [-0.39, 0.29) is 6.10 Å². The molecule has 4 heteroatoms. The minimum Gasteiger partial charge on any atom is -0.493 e. The maximum atomic E-state index is 10.4. The van der Waals surface area contributed by atoms with Crippen molar-refractivity contribution in [2.75, 3.05) is 7.11 Å². The lowest BCUT2D eigenvalue weighted by molar-refractivity contribution is -0.131. The van der Waals surface area contributed by atoms with Crippen LogP contribution in [0.4, 0.5) is 0 Å². The molecule has 0 aromatic heterocycles. The van der Waals surface area contributed by atoms with Gasteiger partial charge in [0.2, 0.25) is 0 Å². The first-order valence-corrected chi connectivity index (χ1v) is 8.86. The van der Waals surface area contributed by atoms with E-state index < -0.39 is 5.97 Å². The molecule has 0 radical (unpaired) electrons. The zero-order valence-electron chi connectivity index (χ0n) is 15.4. The van der Waals surface area contributed by atoms with Crippen LogP contribution in [0.5, 0.6) is 11.5 Å². The predicted molar refractivity (Wildman–Crippen MR) is 105 cm³/mol. The third-order valence-corrected chi connectivity index (χ3v) is 4.14. The van der Waals surface area contributed by atoms with E-state index in [9.17, 15) is 4.79 Å². The van der Waals surface area contributed by atoms with Crippen molar-refractivity contribution in [1.29, 1.82) is 0 Å². The zero-order valence-corrected chi connectivity index (χ0v) is 15.4. The predicted octanol–water partition coefficient (Wildman–Crippen LogP) is 5.17. The molecule has 0 spiro atoms. The largest absolute Gasteiger partial charge is 0.493 e. The molecule has 0 saturated heterocycles. The summed E-state index contributed by atoms with van der Waals surface area (Å²) in [6.07, 6.45) is 17.0. The minimum atomic E-state index is -0.952. The molecule has 0 bridgehead atoms. The van der Waals surface area contributed by atoms with Crippen LogP contribution in [-0.2, 0) is 4.79 Å². The van der Waals surface area contributed by atoms with E-state index in [1.807, 2.05) is 49.4 Å². The molecule has 1 aliphatic carbocycles. The van der Waals surface area contributed by atoms with Crippen molar-refractivity contribution >= 4 is 12.0 Å². The summed E-state index contributed by atoms with van der Waals surface area (Å²) < 4.78 is 11.5. The Balaban J connectivity index is 2.02. The number of rotatable bonds is 8. The number of carbonyl (C=O) groups is 1. The van der Waals surface area contributed by atoms with Gasteiger partial charge in [-0.2, -0.15) is 0 Å². The first-order chi connectivity index (χ1) is 12.6. The molecule has 1 N–H and O–H groups in total. The van der Waals surface area contributed by atoms with E-state index in [1.165, 1.54) is 18.9 Å². The van der Waals surface area contributed by atoms with Crippen LogP contribution in [0.1, 0.15) is 38.2 Å². The highest BCUT2D eigenvalue weighted by atomic mass is 16.5. The average molecular weight is 354 g/mol. The molecule has 0 heterocycles. The molecule has 0 unspecified atom stereocenters. The Kier molecular flexibility index (Phi) is 7.75. The molecule has 0 atom stereocenters. The van der Waals surface area contributed by atoms with Gasteiger partial charge in [0.05, 0.1) is 13.2 Å². The number of allylic oxidation sites excluding steroid dienone is 6. The number of methoxy groups -OCH3 is 1. The van der Waals surface area contributed by atoms with Crippen molar-refractivity contribution in [3.63, 3.8) is 0 Å². The molecule has 0 aliphatic heterocycles. The molecule has 1 saturated carbocycles. The monoisotopic (exact) mass is 354 g/mol. The van der Waals surface area contributed by atoms with Crippen LogP contribution in [-0.4, -0.2) is 24.3 Å². The van der Waals surface area contributed by atoms with E-state index in [4.69, 9.17) is 14.6 Å². The highest BCUT2D eigenvalue weighted by Crippen LogP contribution is 2.32. The van der Waals surface area contributed by atoms with Crippen molar-refractivity contribution in [3.8, 4) is 11.5 Å². The van der Waals surface area contributed by atoms with Gasteiger partial charge in [-0.3, -0.25) is 0 Å². The van der Waals surface area contributed by atoms with E-state index in [2.05, 4.69) is 0 Å². The Labute approximate surface area is 155 Å². The summed E-state index contributed by atoms with van der Waals surface area (Å²) in [6.45, 7) is 1.96. The molecule has 138 valence electrons. The summed E-state index contributed by atoms with van der Waals surface area (Å²) >= 11 is 0. The summed E-state index contributed by atoms with van der Waals surface area (Å²) in [6, 6.07) is 5.92. The summed E-state index contributed by atoms with van der Waals surface area (Å²) in [5.74, 6) is 0.598. The van der Waals surface area contributed by atoms with Crippen molar-refractivity contribution in [2.45, 2.75) is 38.7 Å². The summed E-state index contributed by atoms with van der Waals surface area (Å²) in [5.41, 5.74) is 2.06. The average Bonchev–Trinajstić information content (AvgIpc) is 3.12. The Bertz CT molecular complexity index is 720. The number of benzene rings is 1. The molecule has 1 aromatic carbocycles. The van der Waals surface area contributed by atoms with Gasteiger partial charge < -0.3 is 14.6 Å². The fourth-order valence-corrected chi connectivity index (χ4v) is 2.79. The number of carboxylic acids is 1. The molecule has 1 aliphatic rings. The first kappa shape index (κ1) is 19.6. The molecule has 2 rings (SSSR count). The van der Waals surface area contributed by atoms with E-state index >= 15 is 0 Å². The second-order valence-electron chi connectivity index (χ2n) is 6.26. The Morgan fingerprint density at radius 1 is 1.12 bits per heavy atom.